The van der Waals surface area contributed by atoms with E-state index in [0.29, 0.717) is 29.0 Å². The van der Waals surface area contributed by atoms with E-state index in [2.05, 4.69) is 25.7 Å². The average Bonchev–Trinajstić information content (AvgIpc) is 3.27. The van der Waals surface area contributed by atoms with Crippen molar-refractivity contribution in [3.8, 4) is 5.75 Å². The number of nitrogens with two attached hydrogens (primary N) is 1. The number of benzene rings is 2. The molecule has 0 unspecified atom stereocenters. The van der Waals surface area contributed by atoms with Crippen LogP contribution in [-0.2, 0) is 6.42 Å². The molecule has 0 aliphatic rings. The van der Waals surface area contributed by atoms with Crippen LogP contribution in [0, 0.1) is 0 Å². The highest BCUT2D eigenvalue weighted by atomic mass is 16.5. The van der Waals surface area contributed by atoms with E-state index in [0.717, 1.165) is 42.6 Å². The Morgan fingerprint density at radius 2 is 1.51 bits per heavy atom. The Morgan fingerprint density at radius 1 is 0.838 bits per heavy atom. The molecule has 0 fully saturated rings. The number of furan rings is 1. The molecule has 0 amide bonds. The van der Waals surface area contributed by atoms with Gasteiger partial charge < -0.3 is 19.8 Å². The van der Waals surface area contributed by atoms with Crippen LogP contribution in [-0.4, -0.2) is 36.9 Å². The number of hydrogen-bond donors (Lipinski definition) is 1. The monoisotopic (exact) mass is 506 g/mol. The zero-order valence-electron chi connectivity index (χ0n) is 23.2. The zero-order valence-corrected chi connectivity index (χ0v) is 23.2. The summed E-state index contributed by atoms with van der Waals surface area (Å²) in [6.45, 7) is 11.0. The molecule has 2 N–H and O–H groups in total. The molecule has 5 nitrogen and oxygen atoms in total. The number of carbonyl (C=O) groups is 1. The summed E-state index contributed by atoms with van der Waals surface area (Å²) in [4.78, 5) is 16.1. The second-order valence-corrected chi connectivity index (χ2v) is 10.1. The number of hydrogen-bond acceptors (Lipinski definition) is 5. The molecule has 0 saturated heterocycles. The molecule has 37 heavy (non-hydrogen) atoms. The van der Waals surface area contributed by atoms with Crippen LogP contribution in [0.1, 0.15) is 100 Å². The summed E-state index contributed by atoms with van der Waals surface area (Å²) >= 11 is 0. The minimum atomic E-state index is -0.0299. The highest BCUT2D eigenvalue weighted by Gasteiger charge is 2.22. The van der Waals surface area contributed by atoms with Crippen LogP contribution in [0.25, 0.3) is 11.0 Å². The van der Waals surface area contributed by atoms with Crippen molar-refractivity contribution < 1.29 is 13.9 Å². The number of nitrogen functional groups attached to an aromatic ring is 1. The van der Waals surface area contributed by atoms with Crippen molar-refractivity contribution in [3.63, 3.8) is 0 Å². The predicted molar refractivity (Wildman–Crippen MR) is 155 cm³/mol. The third kappa shape index (κ3) is 8.63. The molecular formula is C32H46N2O3. The molecule has 0 aliphatic heterocycles. The van der Waals surface area contributed by atoms with E-state index < -0.39 is 0 Å². The predicted octanol–water partition coefficient (Wildman–Crippen LogP) is 8.04. The number of rotatable bonds is 18. The van der Waals surface area contributed by atoms with Crippen molar-refractivity contribution in [3.05, 3.63) is 59.4 Å². The second-order valence-electron chi connectivity index (χ2n) is 10.1. The number of ketones is 1. The topological polar surface area (TPSA) is 68.7 Å². The van der Waals surface area contributed by atoms with Crippen LogP contribution < -0.4 is 10.5 Å². The largest absolute Gasteiger partial charge is 0.494 e. The summed E-state index contributed by atoms with van der Waals surface area (Å²) in [5, 5.41) is 0.791. The van der Waals surface area contributed by atoms with Gasteiger partial charge in [0.15, 0.2) is 5.78 Å². The van der Waals surface area contributed by atoms with Gasteiger partial charge in [0.05, 0.1) is 12.2 Å². The number of aryl methyl sites for hydroxylation is 1. The Balaban J connectivity index is 1.52. The first-order valence-electron chi connectivity index (χ1n) is 14.4. The molecule has 3 aromatic rings. The Hall–Kier alpha value is -2.79. The highest BCUT2D eigenvalue weighted by molar-refractivity contribution is 6.17. The molecular weight excluding hydrogens is 460 g/mol. The number of fused-ring (bicyclic) bond motifs is 1. The van der Waals surface area contributed by atoms with Gasteiger partial charge in [0, 0.05) is 23.1 Å². The second kappa shape index (κ2) is 15.5. The van der Waals surface area contributed by atoms with Crippen LogP contribution in [0.15, 0.2) is 46.9 Å². The van der Waals surface area contributed by atoms with Gasteiger partial charge in [0.1, 0.15) is 17.1 Å². The van der Waals surface area contributed by atoms with E-state index >= 15 is 0 Å². The van der Waals surface area contributed by atoms with Crippen LogP contribution in [0.3, 0.4) is 0 Å². The molecule has 1 heterocycles. The third-order valence-corrected chi connectivity index (χ3v) is 6.93. The fourth-order valence-electron chi connectivity index (χ4n) is 4.68. The lowest BCUT2D eigenvalue weighted by atomic mass is 9.98. The van der Waals surface area contributed by atoms with Gasteiger partial charge in [0.25, 0.3) is 0 Å². The van der Waals surface area contributed by atoms with Crippen molar-refractivity contribution in [1.82, 2.24) is 4.90 Å². The minimum Gasteiger partial charge on any atom is -0.494 e. The number of ether oxygens (including phenoxy) is 1. The molecule has 0 aliphatic carbocycles. The maximum absolute atomic E-state index is 13.5. The van der Waals surface area contributed by atoms with Crippen LogP contribution in [0.4, 0.5) is 5.69 Å². The van der Waals surface area contributed by atoms with Gasteiger partial charge in [-0.2, -0.15) is 0 Å². The average molecular weight is 507 g/mol. The summed E-state index contributed by atoms with van der Waals surface area (Å²) in [6.07, 6.45) is 11.3. The maximum Gasteiger partial charge on any atom is 0.197 e. The lowest BCUT2D eigenvalue weighted by molar-refractivity contribution is 0.103. The van der Waals surface area contributed by atoms with E-state index in [4.69, 9.17) is 14.9 Å². The van der Waals surface area contributed by atoms with E-state index in [1.807, 2.05) is 42.5 Å². The third-order valence-electron chi connectivity index (χ3n) is 6.93. The highest BCUT2D eigenvalue weighted by Crippen LogP contribution is 2.31. The normalized spacial score (nSPS) is 11.5. The van der Waals surface area contributed by atoms with Gasteiger partial charge >= 0.3 is 0 Å². The first kappa shape index (κ1) is 28.8. The Morgan fingerprint density at radius 3 is 2.19 bits per heavy atom. The molecule has 0 radical (unpaired) electrons. The number of anilines is 1. The van der Waals surface area contributed by atoms with Crippen LogP contribution >= 0.6 is 0 Å². The molecule has 5 heteroatoms. The molecule has 202 valence electrons. The first-order valence-corrected chi connectivity index (χ1v) is 14.4. The molecule has 0 saturated carbocycles. The molecule has 0 atom stereocenters. The summed E-state index contributed by atoms with van der Waals surface area (Å²) in [5.74, 6) is 1.52. The fourth-order valence-corrected chi connectivity index (χ4v) is 4.68. The Bertz CT molecular complexity index is 1080. The fraction of sp³-hybridized carbons (Fsp3) is 0.531. The molecule has 0 bridgehead atoms. The quantitative estimate of drug-likeness (QED) is 0.107. The van der Waals surface area contributed by atoms with E-state index in [1.165, 1.54) is 58.2 Å². The van der Waals surface area contributed by atoms with Gasteiger partial charge in [-0.1, -0.05) is 40.0 Å². The van der Waals surface area contributed by atoms with E-state index in [9.17, 15) is 4.79 Å². The molecule has 2 aromatic carbocycles. The van der Waals surface area contributed by atoms with Gasteiger partial charge in [-0.3, -0.25) is 4.79 Å². The van der Waals surface area contributed by atoms with E-state index in [-0.39, 0.29) is 5.78 Å². The zero-order chi connectivity index (χ0) is 26.5. The molecule has 1 aromatic heterocycles. The number of unbranched alkanes of at least 4 members (excludes halogenated alkanes) is 5. The summed E-state index contributed by atoms with van der Waals surface area (Å²) < 4.78 is 12.0. The molecule has 0 spiro atoms. The Labute approximate surface area is 223 Å². The lowest BCUT2D eigenvalue weighted by Crippen LogP contribution is -2.27. The maximum atomic E-state index is 13.5. The SMILES string of the molecule is CCCCc1oc2ccc(N)cc2c1C(=O)c1ccc(OCCCCCN(CCCC)CCCC)cc1. The smallest absolute Gasteiger partial charge is 0.197 e. The Kier molecular flexibility index (Phi) is 12.0. The van der Waals surface area contributed by atoms with Crippen molar-refractivity contribution in [1.29, 1.82) is 0 Å². The van der Waals surface area contributed by atoms with E-state index in [1.54, 1.807) is 0 Å². The van der Waals surface area contributed by atoms with Gasteiger partial charge in [0.2, 0.25) is 0 Å². The van der Waals surface area contributed by atoms with Gasteiger partial charge in [-0.15, -0.1) is 0 Å². The van der Waals surface area contributed by atoms with Crippen molar-refractivity contribution in [2.75, 3.05) is 32.0 Å². The van der Waals surface area contributed by atoms with Crippen LogP contribution in [0.2, 0.25) is 0 Å². The summed E-state index contributed by atoms with van der Waals surface area (Å²) in [5.41, 5.74) is 8.63. The minimum absolute atomic E-state index is 0.0299. The molecule has 3 rings (SSSR count). The summed E-state index contributed by atoms with van der Waals surface area (Å²) in [6, 6.07) is 13.0. The van der Waals surface area contributed by atoms with Crippen molar-refractivity contribution in [2.45, 2.75) is 85.0 Å². The van der Waals surface area contributed by atoms with Crippen LogP contribution in [0.5, 0.6) is 5.75 Å². The van der Waals surface area contributed by atoms with Crippen molar-refractivity contribution in [2.24, 2.45) is 0 Å². The van der Waals surface area contributed by atoms with Gasteiger partial charge in [-0.05, 0) is 101 Å². The number of nitrogens with zero attached hydrogens (tertiary/aromatic N) is 1. The summed E-state index contributed by atoms with van der Waals surface area (Å²) in [7, 11) is 0. The number of carbonyl (C=O) groups excluding carboxylic acids is 1. The lowest BCUT2D eigenvalue weighted by Gasteiger charge is -2.21. The standard InChI is InChI=1S/C32H46N2O3/c1-4-7-13-30-31(28-24-26(33)16-19-29(28)37-30)32(35)25-14-17-27(18-15-25)36-23-12-10-11-22-34(20-8-5-2)21-9-6-3/h14-19,24H,4-13,20-23,33H2,1-3H3. The first-order chi connectivity index (χ1) is 18.1. The van der Waals surface area contributed by atoms with Crippen molar-refractivity contribution >= 4 is 22.4 Å². The van der Waals surface area contributed by atoms with Gasteiger partial charge in [-0.25, -0.2) is 0 Å².